The maximum Gasteiger partial charge on any atom is 0.255 e. The topological polar surface area (TPSA) is 111 Å². The maximum atomic E-state index is 13.2. The minimum Gasteiger partial charge on any atom is -0.350 e. The Morgan fingerprint density at radius 3 is 2.77 bits per heavy atom. The molecule has 1 fully saturated rings. The Bertz CT molecular complexity index is 1100. The van der Waals surface area contributed by atoms with Gasteiger partial charge in [0.05, 0.1) is 35.4 Å². The van der Waals surface area contributed by atoms with E-state index in [4.69, 9.17) is 5.73 Å². The molecule has 0 bridgehead atoms. The van der Waals surface area contributed by atoms with Gasteiger partial charge in [0.1, 0.15) is 5.82 Å². The Morgan fingerprint density at radius 2 is 1.97 bits per heavy atom. The van der Waals surface area contributed by atoms with Gasteiger partial charge in [0.2, 0.25) is 5.95 Å². The van der Waals surface area contributed by atoms with Crippen LogP contribution in [0.15, 0.2) is 36.7 Å². The van der Waals surface area contributed by atoms with Crippen LogP contribution in [0, 0.1) is 5.82 Å². The molecular weight excluding hydrogens is 385 g/mol. The number of nitrogens with two attached hydrogens (primary N) is 1. The highest BCUT2D eigenvalue weighted by molar-refractivity contribution is 6.03. The average molecular weight is 407 g/mol. The number of nitrogens with zero attached hydrogens (tertiary/aromatic N) is 4. The van der Waals surface area contributed by atoms with Crippen molar-refractivity contribution in [1.29, 1.82) is 0 Å². The van der Waals surface area contributed by atoms with Crippen molar-refractivity contribution in [3.05, 3.63) is 53.7 Å². The zero-order chi connectivity index (χ0) is 20.7. The molecule has 0 spiro atoms. The fourth-order valence-corrected chi connectivity index (χ4v) is 4.08. The number of fused-ring (bicyclic) bond motifs is 1. The largest absolute Gasteiger partial charge is 0.350 e. The van der Waals surface area contributed by atoms with E-state index in [2.05, 4.69) is 25.7 Å². The van der Waals surface area contributed by atoms with Crippen LogP contribution in [0.2, 0.25) is 0 Å². The number of aromatic nitrogens is 4. The van der Waals surface area contributed by atoms with Crippen LogP contribution in [0.25, 0.3) is 16.9 Å². The van der Waals surface area contributed by atoms with E-state index in [1.54, 1.807) is 29.2 Å². The summed E-state index contributed by atoms with van der Waals surface area (Å²) in [5.41, 5.74) is 9.31. The van der Waals surface area contributed by atoms with Gasteiger partial charge in [0.25, 0.3) is 5.91 Å². The Kier molecular flexibility index (Phi) is 4.66. The minimum atomic E-state index is -0.312. The molecule has 30 heavy (non-hydrogen) atoms. The molecule has 0 saturated heterocycles. The molecule has 154 valence electrons. The van der Waals surface area contributed by atoms with Crippen LogP contribution in [0.5, 0.6) is 0 Å². The first kappa shape index (κ1) is 18.7. The summed E-state index contributed by atoms with van der Waals surface area (Å²) in [6, 6.07) is 6.20. The molecular formula is C21H22FN7O. The van der Waals surface area contributed by atoms with Crippen molar-refractivity contribution in [2.45, 2.75) is 44.3 Å². The monoisotopic (exact) mass is 407 g/mol. The van der Waals surface area contributed by atoms with Gasteiger partial charge in [-0.25, -0.2) is 19.0 Å². The van der Waals surface area contributed by atoms with Gasteiger partial charge >= 0.3 is 0 Å². The number of carbonyl (C=O) groups is 1. The van der Waals surface area contributed by atoms with Crippen molar-refractivity contribution >= 4 is 11.9 Å². The summed E-state index contributed by atoms with van der Waals surface area (Å²) in [4.78, 5) is 21.7. The second kappa shape index (κ2) is 7.49. The number of carbonyl (C=O) groups excluding carboxylic acids is 1. The third-order valence-electron chi connectivity index (χ3n) is 5.71. The summed E-state index contributed by atoms with van der Waals surface area (Å²) in [6.07, 6.45) is 7.62. The number of hydrogen-bond donors (Lipinski definition) is 3. The van der Waals surface area contributed by atoms with Crippen molar-refractivity contribution in [3.63, 3.8) is 0 Å². The fraction of sp³-hybridized carbons (Fsp3) is 0.333. The highest BCUT2D eigenvalue weighted by Gasteiger charge is 2.29. The summed E-state index contributed by atoms with van der Waals surface area (Å²) in [6.45, 7) is 0.362. The number of amides is 1. The standard InChI is InChI=1S/C21H22FN7O/c22-13-5-7-14(8-6-13)29-11-12(9-25-29)19-18-17(10-24-20(18)30)27-21(28-19)26-16-4-2-1-3-15(16)23/h5-9,11,15-16H,1-4,10,23H2,(H,24,30)(H,26,27,28)/t15-,16?/m0/s1. The van der Waals surface area contributed by atoms with Gasteiger partial charge in [0.15, 0.2) is 0 Å². The normalized spacial score (nSPS) is 20.7. The predicted molar refractivity (Wildman–Crippen MR) is 110 cm³/mol. The second-order valence-corrected chi connectivity index (χ2v) is 7.75. The Morgan fingerprint density at radius 1 is 1.17 bits per heavy atom. The number of nitrogens with one attached hydrogen (secondary N) is 2. The first-order valence-corrected chi connectivity index (χ1v) is 10.1. The lowest BCUT2D eigenvalue weighted by molar-refractivity contribution is 0.0966. The van der Waals surface area contributed by atoms with Crippen LogP contribution in [-0.2, 0) is 6.54 Å². The highest BCUT2D eigenvalue weighted by Crippen LogP contribution is 2.29. The molecule has 5 rings (SSSR count). The molecule has 1 saturated carbocycles. The van der Waals surface area contributed by atoms with E-state index in [1.165, 1.54) is 12.1 Å². The summed E-state index contributed by atoms with van der Waals surface area (Å²) in [7, 11) is 0. The molecule has 9 heteroatoms. The second-order valence-electron chi connectivity index (χ2n) is 7.75. The van der Waals surface area contributed by atoms with E-state index in [0.717, 1.165) is 25.7 Å². The number of hydrogen-bond acceptors (Lipinski definition) is 6. The lowest BCUT2D eigenvalue weighted by Crippen LogP contribution is -2.43. The van der Waals surface area contributed by atoms with E-state index in [9.17, 15) is 9.18 Å². The van der Waals surface area contributed by atoms with Crippen LogP contribution in [-0.4, -0.2) is 37.7 Å². The summed E-state index contributed by atoms with van der Waals surface area (Å²) in [5, 5.41) is 10.6. The first-order valence-electron chi connectivity index (χ1n) is 10.1. The van der Waals surface area contributed by atoms with Crippen molar-refractivity contribution in [2.75, 3.05) is 5.32 Å². The van der Waals surface area contributed by atoms with Gasteiger partial charge in [-0.3, -0.25) is 4.79 Å². The molecule has 1 aliphatic carbocycles. The van der Waals surface area contributed by atoms with Gasteiger partial charge in [-0.15, -0.1) is 0 Å². The summed E-state index contributed by atoms with van der Waals surface area (Å²) >= 11 is 0. The Labute approximate surface area is 172 Å². The molecule has 4 N–H and O–H groups in total. The smallest absolute Gasteiger partial charge is 0.255 e. The number of halogens is 1. The third kappa shape index (κ3) is 3.41. The Balaban J connectivity index is 1.52. The van der Waals surface area contributed by atoms with E-state index in [1.807, 2.05) is 0 Å². The van der Waals surface area contributed by atoms with Gasteiger partial charge in [-0.1, -0.05) is 12.8 Å². The van der Waals surface area contributed by atoms with E-state index in [-0.39, 0.29) is 23.8 Å². The third-order valence-corrected chi connectivity index (χ3v) is 5.71. The number of benzene rings is 1. The zero-order valence-electron chi connectivity index (χ0n) is 16.3. The Hall–Kier alpha value is -3.33. The lowest BCUT2D eigenvalue weighted by Gasteiger charge is -2.29. The van der Waals surface area contributed by atoms with Crippen molar-refractivity contribution < 1.29 is 9.18 Å². The van der Waals surface area contributed by atoms with Crippen LogP contribution in [0.1, 0.15) is 41.7 Å². The van der Waals surface area contributed by atoms with Gasteiger partial charge in [-0.2, -0.15) is 5.10 Å². The zero-order valence-corrected chi connectivity index (χ0v) is 16.3. The molecule has 2 aliphatic rings. The van der Waals surface area contributed by atoms with Crippen LogP contribution in [0.4, 0.5) is 10.3 Å². The fourth-order valence-electron chi connectivity index (χ4n) is 4.08. The molecule has 1 aromatic carbocycles. The maximum absolute atomic E-state index is 13.2. The first-order chi connectivity index (χ1) is 14.6. The molecule has 1 amide bonds. The molecule has 3 aromatic rings. The molecule has 1 unspecified atom stereocenters. The summed E-state index contributed by atoms with van der Waals surface area (Å²) in [5.74, 6) is -0.0411. The highest BCUT2D eigenvalue weighted by atomic mass is 19.1. The molecule has 3 heterocycles. The van der Waals surface area contributed by atoms with Crippen molar-refractivity contribution in [1.82, 2.24) is 25.1 Å². The van der Waals surface area contributed by atoms with Crippen molar-refractivity contribution in [3.8, 4) is 16.9 Å². The molecule has 2 atom stereocenters. The number of rotatable bonds is 4. The molecule has 1 aliphatic heterocycles. The SMILES string of the molecule is N[C@H]1CCCCC1Nc1nc2c(c(-c3cnn(-c4ccc(F)cc4)c3)n1)C(=O)NC2. The molecule has 8 nitrogen and oxygen atoms in total. The van der Waals surface area contributed by atoms with E-state index < -0.39 is 0 Å². The quantitative estimate of drug-likeness (QED) is 0.613. The van der Waals surface area contributed by atoms with Gasteiger partial charge < -0.3 is 16.4 Å². The van der Waals surface area contributed by atoms with Gasteiger partial charge in [0, 0.05) is 23.8 Å². The average Bonchev–Trinajstić information content (AvgIpc) is 3.37. The lowest BCUT2D eigenvalue weighted by atomic mass is 9.91. The van der Waals surface area contributed by atoms with E-state index >= 15 is 0 Å². The molecule has 0 radical (unpaired) electrons. The van der Waals surface area contributed by atoms with E-state index in [0.29, 0.717) is 40.7 Å². The predicted octanol–water partition coefficient (Wildman–Crippen LogP) is 2.39. The number of anilines is 1. The summed E-state index contributed by atoms with van der Waals surface area (Å²) < 4.78 is 14.8. The van der Waals surface area contributed by atoms with Crippen LogP contribution >= 0.6 is 0 Å². The molecule has 2 aromatic heterocycles. The van der Waals surface area contributed by atoms with Crippen molar-refractivity contribution in [2.24, 2.45) is 5.73 Å². The van der Waals surface area contributed by atoms with Crippen LogP contribution < -0.4 is 16.4 Å². The van der Waals surface area contributed by atoms with Gasteiger partial charge in [-0.05, 0) is 37.1 Å². The minimum absolute atomic E-state index is 0.0556. The van der Waals surface area contributed by atoms with Crippen LogP contribution in [0.3, 0.4) is 0 Å².